The molecule has 4 rings (SSSR count). The summed E-state index contributed by atoms with van der Waals surface area (Å²) in [4.78, 5) is 25.5. The monoisotopic (exact) mass is 435 g/mol. The highest BCUT2D eigenvalue weighted by molar-refractivity contribution is 7.80. The molecule has 152 valence electrons. The highest BCUT2D eigenvalue weighted by Gasteiger charge is 2.24. The molecule has 4 N–H and O–H groups in total. The van der Waals surface area contributed by atoms with E-state index in [2.05, 4.69) is 10.6 Å². The van der Waals surface area contributed by atoms with Gasteiger partial charge in [0, 0.05) is 11.0 Å². The molecule has 1 heterocycles. The average molecular weight is 436 g/mol. The number of carbonyl (C=O) groups is 2. The Morgan fingerprint density at radius 3 is 2.67 bits per heavy atom. The summed E-state index contributed by atoms with van der Waals surface area (Å²) in [6.07, 6.45) is 7.14. The standard InChI is InChI=1S/C23H21N3O2S2/c24-21(28)20-17-10-3-4-11-18(17)30-22(20)26-23(29)25-19(27)13-12-15-8-5-7-14-6-1-2-9-16(14)15/h1-2,5-9,12-13H,3-4,10-11H2,(H2,24,28)(H2,25,26,27,29). The molecule has 1 aliphatic carbocycles. The molecule has 0 aliphatic heterocycles. The van der Waals surface area contributed by atoms with Crippen LogP contribution in [0.15, 0.2) is 48.5 Å². The molecule has 0 fully saturated rings. The van der Waals surface area contributed by atoms with E-state index in [1.165, 1.54) is 22.3 Å². The molecular formula is C23H21N3O2S2. The van der Waals surface area contributed by atoms with Crippen LogP contribution in [0.3, 0.4) is 0 Å². The molecule has 3 aromatic rings. The molecule has 0 spiro atoms. The minimum absolute atomic E-state index is 0.142. The summed E-state index contributed by atoms with van der Waals surface area (Å²) in [5.41, 5.74) is 8.07. The van der Waals surface area contributed by atoms with E-state index >= 15 is 0 Å². The summed E-state index contributed by atoms with van der Waals surface area (Å²) in [5, 5.41) is 8.56. The molecule has 0 saturated carbocycles. The summed E-state index contributed by atoms with van der Waals surface area (Å²) < 4.78 is 0. The lowest BCUT2D eigenvalue weighted by Gasteiger charge is -2.11. The van der Waals surface area contributed by atoms with Gasteiger partial charge in [0.1, 0.15) is 5.00 Å². The largest absolute Gasteiger partial charge is 0.365 e. The molecule has 0 radical (unpaired) electrons. The van der Waals surface area contributed by atoms with Crippen LogP contribution >= 0.6 is 23.6 Å². The molecular weight excluding hydrogens is 414 g/mol. The van der Waals surface area contributed by atoms with Crippen LogP contribution in [0.1, 0.15) is 39.2 Å². The lowest BCUT2D eigenvalue weighted by Crippen LogP contribution is -2.33. The van der Waals surface area contributed by atoms with Gasteiger partial charge in [-0.1, -0.05) is 42.5 Å². The van der Waals surface area contributed by atoms with Crippen molar-refractivity contribution in [3.63, 3.8) is 0 Å². The minimum atomic E-state index is -0.470. The first-order chi connectivity index (χ1) is 14.5. The van der Waals surface area contributed by atoms with Crippen molar-refractivity contribution in [2.45, 2.75) is 25.7 Å². The number of rotatable bonds is 4. The second kappa shape index (κ2) is 8.77. The van der Waals surface area contributed by atoms with Gasteiger partial charge < -0.3 is 11.1 Å². The predicted molar refractivity (Wildman–Crippen MR) is 127 cm³/mol. The average Bonchev–Trinajstić information content (AvgIpc) is 3.10. The van der Waals surface area contributed by atoms with Crippen LogP contribution in [0, 0.1) is 0 Å². The van der Waals surface area contributed by atoms with Crippen LogP contribution in [0.5, 0.6) is 0 Å². The zero-order valence-corrected chi connectivity index (χ0v) is 17.9. The highest BCUT2D eigenvalue weighted by Crippen LogP contribution is 2.37. The molecule has 0 atom stereocenters. The van der Waals surface area contributed by atoms with Gasteiger partial charge in [-0.15, -0.1) is 11.3 Å². The summed E-state index contributed by atoms with van der Waals surface area (Å²) >= 11 is 6.77. The smallest absolute Gasteiger partial charge is 0.251 e. The number of primary amides is 1. The maximum atomic E-state index is 12.4. The van der Waals surface area contributed by atoms with Gasteiger partial charge in [-0.3, -0.25) is 14.9 Å². The van der Waals surface area contributed by atoms with Crippen molar-refractivity contribution in [1.29, 1.82) is 0 Å². The fourth-order valence-corrected chi connectivity index (χ4v) is 5.33. The van der Waals surface area contributed by atoms with Gasteiger partial charge in [0.25, 0.3) is 5.91 Å². The number of thiocarbonyl (C=S) groups is 1. The van der Waals surface area contributed by atoms with Gasteiger partial charge in [-0.25, -0.2) is 0 Å². The maximum absolute atomic E-state index is 12.4. The topological polar surface area (TPSA) is 84.2 Å². The Hall–Kier alpha value is -3.03. The molecule has 1 aliphatic rings. The van der Waals surface area contributed by atoms with Crippen LogP contribution in [0.2, 0.25) is 0 Å². The fourth-order valence-electron chi connectivity index (χ4n) is 3.76. The first-order valence-corrected chi connectivity index (χ1v) is 11.0. The normalized spacial score (nSPS) is 13.2. The number of amides is 2. The van der Waals surface area contributed by atoms with Crippen molar-refractivity contribution in [1.82, 2.24) is 5.32 Å². The Balaban J connectivity index is 1.46. The Kier molecular flexibility index (Phi) is 5.92. The molecule has 1 aromatic heterocycles. The summed E-state index contributed by atoms with van der Waals surface area (Å²) in [6.45, 7) is 0. The number of hydrogen-bond donors (Lipinski definition) is 3. The van der Waals surface area contributed by atoms with Crippen molar-refractivity contribution in [3.8, 4) is 0 Å². The Labute approximate surface area is 184 Å². The van der Waals surface area contributed by atoms with Crippen LogP contribution in [0.25, 0.3) is 16.8 Å². The number of carbonyl (C=O) groups excluding carboxylic acids is 2. The van der Waals surface area contributed by atoms with Gasteiger partial charge in [0.05, 0.1) is 5.56 Å². The highest BCUT2D eigenvalue weighted by atomic mass is 32.1. The van der Waals surface area contributed by atoms with Gasteiger partial charge in [0.2, 0.25) is 5.91 Å². The third-order valence-electron chi connectivity index (χ3n) is 5.12. The first-order valence-electron chi connectivity index (χ1n) is 9.75. The number of nitrogens with one attached hydrogen (secondary N) is 2. The van der Waals surface area contributed by atoms with Gasteiger partial charge in [-0.2, -0.15) is 0 Å². The van der Waals surface area contributed by atoms with E-state index < -0.39 is 5.91 Å². The Morgan fingerprint density at radius 1 is 1.07 bits per heavy atom. The zero-order chi connectivity index (χ0) is 21.1. The van der Waals surface area contributed by atoms with Gasteiger partial charge >= 0.3 is 0 Å². The summed E-state index contributed by atoms with van der Waals surface area (Å²) in [7, 11) is 0. The van der Waals surface area contributed by atoms with Gasteiger partial charge in [-0.05, 0) is 65.9 Å². The summed E-state index contributed by atoms with van der Waals surface area (Å²) in [5.74, 6) is -0.816. The molecule has 0 saturated heterocycles. The van der Waals surface area contributed by atoms with Crippen molar-refractivity contribution >= 4 is 62.3 Å². The summed E-state index contributed by atoms with van der Waals surface area (Å²) in [6, 6.07) is 13.9. The quantitative estimate of drug-likeness (QED) is 0.419. The van der Waals surface area contributed by atoms with E-state index in [-0.39, 0.29) is 11.0 Å². The lowest BCUT2D eigenvalue weighted by atomic mass is 9.95. The van der Waals surface area contributed by atoms with E-state index in [0.717, 1.165) is 47.6 Å². The molecule has 7 heteroatoms. The van der Waals surface area contributed by atoms with E-state index in [1.807, 2.05) is 42.5 Å². The molecule has 0 unspecified atom stereocenters. The molecule has 2 aromatic carbocycles. The predicted octanol–water partition coefficient (Wildman–Crippen LogP) is 4.41. The molecule has 0 bridgehead atoms. The van der Waals surface area contributed by atoms with Crippen LogP contribution in [0.4, 0.5) is 5.00 Å². The second-order valence-corrected chi connectivity index (χ2v) is 8.64. The molecule has 2 amide bonds. The van der Waals surface area contributed by atoms with Crippen LogP contribution < -0.4 is 16.4 Å². The van der Waals surface area contributed by atoms with E-state index in [4.69, 9.17) is 18.0 Å². The SMILES string of the molecule is NC(=O)c1c(NC(=S)NC(=O)C=Cc2cccc3ccccc23)sc2c1CCCC2. The third-order valence-corrected chi connectivity index (χ3v) is 6.53. The van der Waals surface area contributed by atoms with Crippen LogP contribution in [-0.2, 0) is 17.6 Å². The number of thiophene rings is 1. The molecule has 30 heavy (non-hydrogen) atoms. The maximum Gasteiger partial charge on any atom is 0.251 e. The number of benzene rings is 2. The lowest BCUT2D eigenvalue weighted by molar-refractivity contribution is -0.115. The number of anilines is 1. The zero-order valence-electron chi connectivity index (χ0n) is 16.2. The van der Waals surface area contributed by atoms with Crippen molar-refractivity contribution in [3.05, 3.63) is 70.1 Å². The Morgan fingerprint density at radius 2 is 1.83 bits per heavy atom. The number of aryl methyl sites for hydroxylation is 1. The first kappa shape index (κ1) is 20.3. The number of fused-ring (bicyclic) bond motifs is 2. The second-order valence-electron chi connectivity index (χ2n) is 7.12. The van der Waals surface area contributed by atoms with Gasteiger partial charge in [0.15, 0.2) is 5.11 Å². The van der Waals surface area contributed by atoms with E-state index in [0.29, 0.717) is 10.6 Å². The van der Waals surface area contributed by atoms with E-state index in [9.17, 15) is 9.59 Å². The third kappa shape index (κ3) is 4.27. The molecule has 5 nitrogen and oxygen atoms in total. The van der Waals surface area contributed by atoms with Crippen molar-refractivity contribution in [2.75, 3.05) is 5.32 Å². The number of nitrogens with two attached hydrogens (primary N) is 1. The fraction of sp³-hybridized carbons (Fsp3) is 0.174. The van der Waals surface area contributed by atoms with Crippen molar-refractivity contribution < 1.29 is 9.59 Å². The van der Waals surface area contributed by atoms with E-state index in [1.54, 1.807) is 6.08 Å². The number of hydrogen-bond acceptors (Lipinski definition) is 4. The van der Waals surface area contributed by atoms with Crippen molar-refractivity contribution in [2.24, 2.45) is 5.73 Å². The minimum Gasteiger partial charge on any atom is -0.365 e. The van der Waals surface area contributed by atoms with Crippen LogP contribution in [-0.4, -0.2) is 16.9 Å². The Bertz CT molecular complexity index is 1180.